The zero-order chi connectivity index (χ0) is 29.3. The lowest BCUT2D eigenvalue weighted by Gasteiger charge is -2.22. The second-order valence-electron chi connectivity index (χ2n) is 10.9. The maximum Gasteiger partial charge on any atom is 0.267 e. The largest absolute Gasteiger partial charge is 0.364 e. The van der Waals surface area contributed by atoms with Crippen molar-refractivity contribution in [2.75, 3.05) is 0 Å². The van der Waals surface area contributed by atoms with Crippen molar-refractivity contribution in [1.82, 2.24) is 15.3 Å². The van der Waals surface area contributed by atoms with Crippen LogP contribution in [-0.4, -0.2) is 33.6 Å². The van der Waals surface area contributed by atoms with Crippen LogP contribution in [0.2, 0.25) is 0 Å². The number of aryl methyl sites for hydroxylation is 1. The highest BCUT2D eigenvalue weighted by atomic mass is 32.1. The van der Waals surface area contributed by atoms with Crippen molar-refractivity contribution in [3.63, 3.8) is 0 Å². The van der Waals surface area contributed by atoms with Gasteiger partial charge in [0.2, 0.25) is 5.91 Å². The summed E-state index contributed by atoms with van der Waals surface area (Å²) in [6.45, 7) is 0. The number of carbonyl (C=O) groups is 3. The van der Waals surface area contributed by atoms with Crippen LogP contribution in [0.3, 0.4) is 0 Å². The minimum absolute atomic E-state index is 0.0850. The van der Waals surface area contributed by atoms with E-state index in [4.69, 9.17) is 10.7 Å². The molecule has 0 saturated heterocycles. The van der Waals surface area contributed by atoms with Crippen molar-refractivity contribution in [2.24, 2.45) is 11.7 Å². The number of pyridine rings is 1. The molecule has 0 radical (unpaired) electrons. The van der Waals surface area contributed by atoms with E-state index in [1.807, 2.05) is 60.7 Å². The van der Waals surface area contributed by atoms with Crippen molar-refractivity contribution in [2.45, 2.75) is 63.8 Å². The number of carbonyl (C=O) groups excluding carboxylic acids is 3. The third-order valence-corrected chi connectivity index (χ3v) is 9.00. The van der Waals surface area contributed by atoms with Crippen molar-refractivity contribution in [3.8, 4) is 21.8 Å². The van der Waals surface area contributed by atoms with Crippen LogP contribution in [0.25, 0.3) is 21.8 Å². The molecule has 1 unspecified atom stereocenters. The molecule has 0 bridgehead atoms. The minimum atomic E-state index is -0.696. The number of nitrogens with one attached hydrogen (secondary N) is 1. The Morgan fingerprint density at radius 3 is 2.36 bits per heavy atom. The van der Waals surface area contributed by atoms with E-state index in [0.717, 1.165) is 17.5 Å². The molecular formula is C34H36N4O3S. The molecule has 0 aliphatic heterocycles. The van der Waals surface area contributed by atoms with E-state index < -0.39 is 11.9 Å². The maximum absolute atomic E-state index is 14.3. The second kappa shape index (κ2) is 14.1. The molecule has 3 N–H and O–H groups in total. The van der Waals surface area contributed by atoms with Gasteiger partial charge in [0.25, 0.3) is 5.91 Å². The van der Waals surface area contributed by atoms with E-state index in [2.05, 4.69) is 10.3 Å². The third kappa shape index (κ3) is 7.56. The average molecular weight is 581 g/mol. The summed E-state index contributed by atoms with van der Waals surface area (Å²) in [6.07, 6.45) is 10.0. The predicted octanol–water partition coefficient (Wildman–Crippen LogP) is 6.63. The molecule has 1 fully saturated rings. The molecule has 7 nitrogen and oxygen atoms in total. The van der Waals surface area contributed by atoms with Gasteiger partial charge in [-0.3, -0.25) is 19.4 Å². The lowest BCUT2D eigenvalue weighted by molar-refractivity contribution is -0.122. The highest BCUT2D eigenvalue weighted by Gasteiger charge is 2.29. The van der Waals surface area contributed by atoms with Gasteiger partial charge >= 0.3 is 0 Å². The highest BCUT2D eigenvalue weighted by molar-refractivity contribution is 7.17. The normalized spacial score (nSPS) is 14.3. The molecule has 2 amide bonds. The summed E-state index contributed by atoms with van der Waals surface area (Å²) in [7, 11) is 0. The molecule has 4 aromatic rings. The number of nitrogens with zero attached hydrogens (tertiary/aromatic N) is 2. The number of benzene rings is 2. The second-order valence-corrected chi connectivity index (χ2v) is 11.9. The molecular weight excluding hydrogens is 544 g/mol. The number of thiazole rings is 1. The van der Waals surface area contributed by atoms with Gasteiger partial charge < -0.3 is 11.1 Å². The number of aromatic nitrogens is 2. The standard InChI is InChI=1S/C34H36N4O3S/c35-33(41)28-22-26(20-21-36-28)34-38-30(25-14-8-3-9-15-25)32(42-34)31(40)27(18-16-23-10-4-1-5-11-23)37-29(39)19-17-24-12-6-2-7-13-24/h1,3-5,8-11,14-15,20-22,24,27H,2,6-7,12-13,16-19H2,(H2,35,41)(H,37,39). The van der Waals surface area contributed by atoms with Gasteiger partial charge in [-0.1, -0.05) is 92.8 Å². The number of hydrogen-bond acceptors (Lipinski definition) is 6. The van der Waals surface area contributed by atoms with Crippen LogP contribution in [0.5, 0.6) is 0 Å². The van der Waals surface area contributed by atoms with Gasteiger partial charge in [-0.15, -0.1) is 11.3 Å². The molecule has 2 aromatic heterocycles. The number of nitrogens with two attached hydrogens (primary N) is 1. The van der Waals surface area contributed by atoms with Crippen LogP contribution in [0.4, 0.5) is 0 Å². The number of primary amides is 1. The van der Waals surface area contributed by atoms with E-state index in [1.165, 1.54) is 49.6 Å². The SMILES string of the molecule is NC(=O)c1cc(-c2nc(-c3ccccc3)c(C(=O)C(CCc3ccccc3)NC(=O)CCC3CCCCC3)s2)ccn1. The lowest BCUT2D eigenvalue weighted by atomic mass is 9.86. The lowest BCUT2D eigenvalue weighted by Crippen LogP contribution is -2.41. The van der Waals surface area contributed by atoms with Gasteiger partial charge in [0.1, 0.15) is 15.6 Å². The van der Waals surface area contributed by atoms with Gasteiger partial charge in [0.15, 0.2) is 5.78 Å². The van der Waals surface area contributed by atoms with Crippen molar-refractivity contribution >= 4 is 28.9 Å². The number of Topliss-reactive ketones (excluding diaryl/α,β-unsaturated/α-hetero) is 1. The number of hydrogen-bond donors (Lipinski definition) is 2. The van der Waals surface area contributed by atoms with E-state index in [-0.39, 0.29) is 17.4 Å². The monoisotopic (exact) mass is 580 g/mol. The molecule has 1 saturated carbocycles. The first-order valence-electron chi connectivity index (χ1n) is 14.7. The summed E-state index contributed by atoms with van der Waals surface area (Å²) >= 11 is 1.26. The third-order valence-electron chi connectivity index (χ3n) is 7.88. The summed E-state index contributed by atoms with van der Waals surface area (Å²) in [5.74, 6) is -0.297. The topological polar surface area (TPSA) is 115 Å². The first-order valence-corrected chi connectivity index (χ1v) is 15.5. The Bertz CT molecular complexity index is 1510. The first kappa shape index (κ1) is 29.3. The fraction of sp³-hybridized carbons (Fsp3) is 0.324. The van der Waals surface area contributed by atoms with Gasteiger partial charge in [-0.2, -0.15) is 0 Å². The fourth-order valence-corrected chi connectivity index (χ4v) is 6.64. The Balaban J connectivity index is 1.44. The Kier molecular flexibility index (Phi) is 9.87. The molecule has 42 heavy (non-hydrogen) atoms. The molecule has 0 spiro atoms. The number of amides is 2. The molecule has 1 aliphatic carbocycles. The highest BCUT2D eigenvalue weighted by Crippen LogP contribution is 2.35. The van der Waals surface area contributed by atoms with E-state index in [1.54, 1.807) is 12.1 Å². The molecule has 5 rings (SSSR count). The predicted molar refractivity (Wildman–Crippen MR) is 166 cm³/mol. The Morgan fingerprint density at radius 2 is 1.64 bits per heavy atom. The van der Waals surface area contributed by atoms with Crippen molar-refractivity contribution in [3.05, 3.63) is 95.1 Å². The molecule has 216 valence electrons. The van der Waals surface area contributed by atoms with E-state index in [9.17, 15) is 14.4 Å². The summed E-state index contributed by atoms with van der Waals surface area (Å²) in [4.78, 5) is 48.6. The maximum atomic E-state index is 14.3. The Morgan fingerprint density at radius 1 is 0.929 bits per heavy atom. The average Bonchev–Trinajstić information content (AvgIpc) is 3.49. The smallest absolute Gasteiger partial charge is 0.267 e. The van der Waals surface area contributed by atoms with Crippen molar-refractivity contribution in [1.29, 1.82) is 0 Å². The fourth-order valence-electron chi connectivity index (χ4n) is 5.56. The molecule has 2 heterocycles. The Labute approximate surface area is 250 Å². The zero-order valence-corrected chi connectivity index (χ0v) is 24.4. The van der Waals surface area contributed by atoms with E-state index >= 15 is 0 Å². The summed E-state index contributed by atoms with van der Waals surface area (Å²) in [5, 5.41) is 3.67. The van der Waals surface area contributed by atoms with Crippen LogP contribution in [0, 0.1) is 5.92 Å². The molecule has 8 heteroatoms. The van der Waals surface area contributed by atoms with Crippen LogP contribution in [-0.2, 0) is 11.2 Å². The zero-order valence-electron chi connectivity index (χ0n) is 23.6. The quantitative estimate of drug-likeness (QED) is 0.183. The number of ketones is 1. The first-order chi connectivity index (χ1) is 20.5. The number of rotatable bonds is 12. The Hall–Kier alpha value is -4.17. The van der Waals surface area contributed by atoms with Crippen molar-refractivity contribution < 1.29 is 14.4 Å². The van der Waals surface area contributed by atoms with Crippen LogP contribution >= 0.6 is 11.3 Å². The van der Waals surface area contributed by atoms with Gasteiger partial charge in [-0.25, -0.2) is 4.98 Å². The van der Waals surface area contributed by atoms with Gasteiger partial charge in [0.05, 0.1) is 11.7 Å². The van der Waals surface area contributed by atoms with E-state index in [0.29, 0.717) is 46.3 Å². The molecule has 2 aromatic carbocycles. The van der Waals surface area contributed by atoms with Gasteiger partial charge in [-0.05, 0) is 42.9 Å². The molecule has 1 atom stereocenters. The summed E-state index contributed by atoms with van der Waals surface area (Å²) in [6, 6.07) is 22.2. The van der Waals surface area contributed by atoms with Crippen LogP contribution in [0.1, 0.15) is 77.1 Å². The molecule has 1 aliphatic rings. The minimum Gasteiger partial charge on any atom is -0.364 e. The van der Waals surface area contributed by atoms with Crippen LogP contribution in [0.15, 0.2) is 79.0 Å². The summed E-state index contributed by atoms with van der Waals surface area (Å²) in [5.41, 5.74) is 8.71. The van der Waals surface area contributed by atoms with Gasteiger partial charge in [0, 0.05) is 23.7 Å². The summed E-state index contributed by atoms with van der Waals surface area (Å²) < 4.78 is 0. The van der Waals surface area contributed by atoms with Crippen LogP contribution < -0.4 is 11.1 Å².